The lowest BCUT2D eigenvalue weighted by atomic mass is 9.75. The third kappa shape index (κ3) is 2.90. The predicted octanol–water partition coefficient (Wildman–Crippen LogP) is 2.95. The molecule has 1 saturated carbocycles. The van der Waals surface area contributed by atoms with Gasteiger partial charge in [0.25, 0.3) is 0 Å². The standard InChI is InChI=1S/C16H20FN3/c1-12(11-20-8-4-7-18-20)19-14-9-13(10-14)15-5-2-3-6-16(15)17/h2-8,12-14,19H,9-11H2,1H3. The molecule has 1 atom stereocenters. The topological polar surface area (TPSA) is 29.9 Å². The zero-order chi connectivity index (χ0) is 13.9. The molecular formula is C16H20FN3. The van der Waals surface area contributed by atoms with Crippen LogP contribution in [0.2, 0.25) is 0 Å². The van der Waals surface area contributed by atoms with Crippen LogP contribution in [0.25, 0.3) is 0 Å². The van der Waals surface area contributed by atoms with Gasteiger partial charge in [0.15, 0.2) is 0 Å². The number of hydrogen-bond donors (Lipinski definition) is 1. The highest BCUT2D eigenvalue weighted by molar-refractivity contribution is 5.24. The molecule has 20 heavy (non-hydrogen) atoms. The Balaban J connectivity index is 1.47. The highest BCUT2D eigenvalue weighted by atomic mass is 19.1. The van der Waals surface area contributed by atoms with Crippen molar-refractivity contribution in [1.29, 1.82) is 0 Å². The van der Waals surface area contributed by atoms with E-state index in [0.717, 1.165) is 24.9 Å². The Morgan fingerprint density at radius 2 is 2.15 bits per heavy atom. The molecule has 0 radical (unpaired) electrons. The van der Waals surface area contributed by atoms with Crippen molar-refractivity contribution in [2.45, 2.75) is 44.3 Å². The minimum Gasteiger partial charge on any atom is -0.310 e. The van der Waals surface area contributed by atoms with Crippen molar-refractivity contribution in [2.75, 3.05) is 0 Å². The number of nitrogens with one attached hydrogen (secondary N) is 1. The first-order chi connectivity index (χ1) is 9.72. The van der Waals surface area contributed by atoms with Crippen molar-refractivity contribution in [3.8, 4) is 0 Å². The Labute approximate surface area is 118 Å². The average Bonchev–Trinajstić information content (AvgIpc) is 2.87. The maximum Gasteiger partial charge on any atom is 0.126 e. The first-order valence-electron chi connectivity index (χ1n) is 7.20. The van der Waals surface area contributed by atoms with Gasteiger partial charge in [0.2, 0.25) is 0 Å². The van der Waals surface area contributed by atoms with Crippen LogP contribution < -0.4 is 5.32 Å². The Hall–Kier alpha value is -1.68. The van der Waals surface area contributed by atoms with Gasteiger partial charge in [0, 0.05) is 24.5 Å². The summed E-state index contributed by atoms with van der Waals surface area (Å²) in [5.74, 6) is 0.297. The van der Waals surface area contributed by atoms with Crippen LogP contribution in [0.15, 0.2) is 42.7 Å². The highest BCUT2D eigenvalue weighted by Crippen LogP contribution is 2.38. The molecule has 0 amide bonds. The molecule has 1 N–H and O–H groups in total. The van der Waals surface area contributed by atoms with Gasteiger partial charge in [0.05, 0.1) is 6.54 Å². The normalized spacial score (nSPS) is 23.3. The SMILES string of the molecule is CC(Cn1cccn1)NC1CC(c2ccccc2F)C1. The maximum absolute atomic E-state index is 13.7. The van der Waals surface area contributed by atoms with E-state index in [0.29, 0.717) is 18.0 Å². The Bertz CT molecular complexity index is 547. The smallest absolute Gasteiger partial charge is 0.126 e. The number of nitrogens with zero attached hydrogens (tertiary/aromatic N) is 2. The Morgan fingerprint density at radius 3 is 2.85 bits per heavy atom. The second-order valence-electron chi connectivity index (χ2n) is 5.68. The van der Waals surface area contributed by atoms with E-state index in [1.807, 2.05) is 29.1 Å². The number of hydrogen-bond acceptors (Lipinski definition) is 2. The summed E-state index contributed by atoms with van der Waals surface area (Å²) in [5, 5.41) is 7.80. The summed E-state index contributed by atoms with van der Waals surface area (Å²) < 4.78 is 15.6. The summed E-state index contributed by atoms with van der Waals surface area (Å²) in [6, 6.07) is 9.93. The molecule has 1 heterocycles. The van der Waals surface area contributed by atoms with E-state index in [4.69, 9.17) is 0 Å². The summed E-state index contributed by atoms with van der Waals surface area (Å²) in [7, 11) is 0. The monoisotopic (exact) mass is 273 g/mol. The van der Waals surface area contributed by atoms with Crippen LogP contribution in [-0.2, 0) is 6.54 Å². The lowest BCUT2D eigenvalue weighted by Crippen LogP contribution is -2.46. The molecule has 0 aliphatic heterocycles. The fourth-order valence-electron chi connectivity index (χ4n) is 2.96. The highest BCUT2D eigenvalue weighted by Gasteiger charge is 2.32. The zero-order valence-corrected chi connectivity index (χ0v) is 11.7. The predicted molar refractivity (Wildman–Crippen MR) is 77.0 cm³/mol. The van der Waals surface area contributed by atoms with Gasteiger partial charge in [0.1, 0.15) is 5.82 Å². The minimum atomic E-state index is -0.0689. The molecule has 2 aromatic rings. The van der Waals surface area contributed by atoms with E-state index in [2.05, 4.69) is 17.3 Å². The van der Waals surface area contributed by atoms with Crippen molar-refractivity contribution in [2.24, 2.45) is 0 Å². The van der Waals surface area contributed by atoms with Crippen LogP contribution in [0, 0.1) is 5.82 Å². The van der Waals surface area contributed by atoms with E-state index in [9.17, 15) is 4.39 Å². The second-order valence-corrected chi connectivity index (χ2v) is 5.68. The summed E-state index contributed by atoms with van der Waals surface area (Å²) in [4.78, 5) is 0. The van der Waals surface area contributed by atoms with E-state index in [1.54, 1.807) is 18.3 Å². The molecule has 3 rings (SSSR count). The van der Waals surface area contributed by atoms with Crippen molar-refractivity contribution in [3.05, 3.63) is 54.1 Å². The fraction of sp³-hybridized carbons (Fsp3) is 0.438. The van der Waals surface area contributed by atoms with Gasteiger partial charge in [-0.25, -0.2) is 4.39 Å². The summed E-state index contributed by atoms with van der Waals surface area (Å²) in [6.45, 7) is 3.03. The van der Waals surface area contributed by atoms with Crippen LogP contribution in [0.1, 0.15) is 31.2 Å². The van der Waals surface area contributed by atoms with Crippen LogP contribution in [0.3, 0.4) is 0 Å². The fourth-order valence-corrected chi connectivity index (χ4v) is 2.96. The van der Waals surface area contributed by atoms with Gasteiger partial charge in [-0.2, -0.15) is 5.10 Å². The van der Waals surface area contributed by atoms with E-state index in [-0.39, 0.29) is 5.82 Å². The van der Waals surface area contributed by atoms with Crippen molar-refractivity contribution in [3.63, 3.8) is 0 Å². The molecule has 106 valence electrons. The number of benzene rings is 1. The van der Waals surface area contributed by atoms with Crippen LogP contribution in [0.4, 0.5) is 4.39 Å². The van der Waals surface area contributed by atoms with Crippen molar-refractivity contribution < 1.29 is 4.39 Å². The molecule has 1 aliphatic rings. The Morgan fingerprint density at radius 1 is 1.35 bits per heavy atom. The zero-order valence-electron chi connectivity index (χ0n) is 11.7. The van der Waals surface area contributed by atoms with Crippen molar-refractivity contribution in [1.82, 2.24) is 15.1 Å². The third-order valence-electron chi connectivity index (χ3n) is 4.02. The lowest BCUT2D eigenvalue weighted by Gasteiger charge is -2.38. The third-order valence-corrected chi connectivity index (χ3v) is 4.02. The van der Waals surface area contributed by atoms with E-state index < -0.39 is 0 Å². The molecule has 3 nitrogen and oxygen atoms in total. The van der Waals surface area contributed by atoms with Gasteiger partial charge in [-0.15, -0.1) is 0 Å². The molecule has 1 aromatic heterocycles. The minimum absolute atomic E-state index is 0.0689. The van der Waals surface area contributed by atoms with Crippen LogP contribution in [-0.4, -0.2) is 21.9 Å². The number of aromatic nitrogens is 2. The molecule has 1 unspecified atom stereocenters. The molecule has 4 heteroatoms. The average molecular weight is 273 g/mol. The number of halogens is 1. The first kappa shape index (κ1) is 13.3. The Kier molecular flexibility index (Phi) is 3.83. The maximum atomic E-state index is 13.7. The second kappa shape index (κ2) is 5.75. The van der Waals surface area contributed by atoms with Crippen LogP contribution in [0.5, 0.6) is 0 Å². The lowest BCUT2D eigenvalue weighted by molar-refractivity contribution is 0.254. The molecule has 1 fully saturated rings. The van der Waals surface area contributed by atoms with Gasteiger partial charge >= 0.3 is 0 Å². The summed E-state index contributed by atoms with van der Waals surface area (Å²) in [5.41, 5.74) is 0.866. The van der Waals surface area contributed by atoms with E-state index in [1.165, 1.54) is 0 Å². The van der Waals surface area contributed by atoms with Crippen LogP contribution >= 0.6 is 0 Å². The van der Waals surface area contributed by atoms with Gasteiger partial charge in [-0.1, -0.05) is 18.2 Å². The summed E-state index contributed by atoms with van der Waals surface area (Å²) in [6.07, 6.45) is 5.81. The van der Waals surface area contributed by atoms with Crippen molar-refractivity contribution >= 4 is 0 Å². The van der Waals surface area contributed by atoms with Gasteiger partial charge in [-0.3, -0.25) is 4.68 Å². The van der Waals surface area contributed by atoms with Gasteiger partial charge in [-0.05, 0) is 43.4 Å². The quantitative estimate of drug-likeness (QED) is 0.907. The first-order valence-corrected chi connectivity index (χ1v) is 7.20. The van der Waals surface area contributed by atoms with E-state index >= 15 is 0 Å². The van der Waals surface area contributed by atoms with Gasteiger partial charge < -0.3 is 5.32 Å². The molecule has 0 spiro atoms. The largest absolute Gasteiger partial charge is 0.310 e. The molecule has 0 bridgehead atoms. The molecular weight excluding hydrogens is 253 g/mol. The summed E-state index contributed by atoms with van der Waals surface area (Å²) >= 11 is 0. The molecule has 1 aliphatic carbocycles. The number of rotatable bonds is 5. The molecule has 1 aromatic carbocycles. The molecule has 0 saturated heterocycles.